The minimum absolute atomic E-state index is 0.498. The highest BCUT2D eigenvalue weighted by atomic mass is 32.2. The molecule has 1 N–H and O–H groups in total. The van der Waals surface area contributed by atoms with Crippen molar-refractivity contribution in [3.63, 3.8) is 0 Å². The molecule has 0 bridgehead atoms. The molecule has 2 saturated heterocycles. The Hall–Kier alpha value is -0.290. The Labute approximate surface area is 124 Å². The predicted octanol–water partition coefficient (Wildman–Crippen LogP) is -0.395. The maximum atomic E-state index is 11.3. The summed E-state index contributed by atoms with van der Waals surface area (Å²) in [5.41, 5.74) is -1.39. The number of methoxy groups -OCH3 is 1. The van der Waals surface area contributed by atoms with Crippen molar-refractivity contribution in [3.8, 4) is 0 Å². The predicted molar refractivity (Wildman–Crippen MR) is 70.9 cm³/mol. The Bertz CT molecular complexity index is 489. The average molecular weight is 326 g/mol. The minimum atomic E-state index is -3.72. The molecule has 0 amide bonds. The Morgan fingerprint density at radius 3 is 2.38 bits per heavy atom. The van der Waals surface area contributed by atoms with Gasteiger partial charge in [0.1, 0.15) is 18.3 Å². The van der Waals surface area contributed by atoms with Gasteiger partial charge in [-0.25, -0.2) is 0 Å². The molecule has 0 aromatic heterocycles. The van der Waals surface area contributed by atoms with E-state index in [0.29, 0.717) is 0 Å². The van der Waals surface area contributed by atoms with Gasteiger partial charge < -0.3 is 24.1 Å². The molecule has 2 fully saturated rings. The third kappa shape index (κ3) is 3.09. The Morgan fingerprint density at radius 1 is 1.29 bits per heavy atom. The van der Waals surface area contributed by atoms with E-state index in [1.54, 1.807) is 13.8 Å². The van der Waals surface area contributed by atoms with Crippen molar-refractivity contribution in [2.24, 2.45) is 0 Å². The molecule has 2 aliphatic rings. The van der Waals surface area contributed by atoms with Crippen LogP contribution in [0.25, 0.3) is 0 Å². The summed E-state index contributed by atoms with van der Waals surface area (Å²) in [5, 5.41) is 9.78. The molecule has 0 saturated carbocycles. The first-order chi connectivity index (χ1) is 9.54. The lowest BCUT2D eigenvalue weighted by molar-refractivity contribution is -0.263. The van der Waals surface area contributed by atoms with E-state index in [9.17, 15) is 13.5 Å². The summed E-state index contributed by atoms with van der Waals surface area (Å²) < 4.78 is 50.1. The minimum Gasteiger partial charge on any atom is -0.393 e. The SMILES string of the molecule is CO[C@H]1[C@H]2OC(C)(C)O[C@H]2O[C@@]1(CO)[C@@H](C)OS(C)(=O)=O. The van der Waals surface area contributed by atoms with Gasteiger partial charge in [0.25, 0.3) is 10.1 Å². The van der Waals surface area contributed by atoms with E-state index in [-0.39, 0.29) is 0 Å². The van der Waals surface area contributed by atoms with Crippen molar-refractivity contribution in [2.75, 3.05) is 20.0 Å². The molecular formula is C12H22O8S. The van der Waals surface area contributed by atoms with Gasteiger partial charge in [-0.3, -0.25) is 4.18 Å². The van der Waals surface area contributed by atoms with Crippen LogP contribution in [0.4, 0.5) is 0 Å². The molecule has 8 nitrogen and oxygen atoms in total. The van der Waals surface area contributed by atoms with Crippen LogP contribution in [0.15, 0.2) is 0 Å². The summed E-state index contributed by atoms with van der Waals surface area (Å²) in [6.45, 7) is 4.47. The van der Waals surface area contributed by atoms with Crippen LogP contribution in [-0.2, 0) is 33.2 Å². The topological polar surface area (TPSA) is 101 Å². The van der Waals surface area contributed by atoms with Crippen LogP contribution in [-0.4, -0.2) is 69.5 Å². The molecule has 0 aromatic carbocycles. The van der Waals surface area contributed by atoms with E-state index < -0.39 is 52.7 Å². The number of rotatable bonds is 5. The number of hydrogen-bond donors (Lipinski definition) is 1. The Kier molecular flexibility index (Phi) is 4.40. The normalized spacial score (nSPS) is 40.2. The molecule has 2 aliphatic heterocycles. The van der Waals surface area contributed by atoms with Gasteiger partial charge in [0.2, 0.25) is 0 Å². The van der Waals surface area contributed by atoms with Gasteiger partial charge in [-0.15, -0.1) is 0 Å². The standard InChI is InChI=1S/C12H22O8S/c1-7(20-21(5,14)15)12(6-13)9(16-4)8-10(19-12)18-11(2,3)17-8/h7-10,13H,6H2,1-5H3/t7-,8-,9+,10+,12+/m1/s1. The summed E-state index contributed by atoms with van der Waals surface area (Å²) in [6, 6.07) is 0. The van der Waals surface area contributed by atoms with E-state index in [2.05, 4.69) is 0 Å². The lowest BCUT2D eigenvalue weighted by atomic mass is 9.90. The summed E-state index contributed by atoms with van der Waals surface area (Å²) in [5.74, 6) is -0.839. The highest BCUT2D eigenvalue weighted by Crippen LogP contribution is 2.45. The smallest absolute Gasteiger partial charge is 0.264 e. The highest BCUT2D eigenvalue weighted by Gasteiger charge is 2.64. The van der Waals surface area contributed by atoms with Crippen molar-refractivity contribution >= 4 is 10.1 Å². The van der Waals surface area contributed by atoms with Crippen molar-refractivity contribution in [3.05, 3.63) is 0 Å². The van der Waals surface area contributed by atoms with Gasteiger partial charge in [0.05, 0.1) is 12.9 Å². The summed E-state index contributed by atoms with van der Waals surface area (Å²) >= 11 is 0. The number of ether oxygens (including phenoxy) is 4. The van der Waals surface area contributed by atoms with E-state index in [1.807, 2.05) is 0 Å². The zero-order chi connectivity index (χ0) is 16.1. The first kappa shape index (κ1) is 17.1. The molecule has 0 unspecified atom stereocenters. The molecule has 0 spiro atoms. The second-order valence-corrected chi connectivity index (χ2v) is 7.40. The average Bonchev–Trinajstić information content (AvgIpc) is 2.75. The second-order valence-electron chi connectivity index (χ2n) is 5.80. The van der Waals surface area contributed by atoms with E-state index in [4.69, 9.17) is 23.1 Å². The van der Waals surface area contributed by atoms with E-state index in [1.165, 1.54) is 14.0 Å². The molecule has 5 atom stereocenters. The van der Waals surface area contributed by atoms with Gasteiger partial charge in [-0.2, -0.15) is 8.42 Å². The first-order valence-electron chi connectivity index (χ1n) is 6.60. The third-order valence-electron chi connectivity index (χ3n) is 3.71. The van der Waals surface area contributed by atoms with E-state index in [0.717, 1.165) is 6.26 Å². The first-order valence-corrected chi connectivity index (χ1v) is 8.42. The maximum Gasteiger partial charge on any atom is 0.264 e. The molecule has 0 aliphatic carbocycles. The highest BCUT2D eigenvalue weighted by molar-refractivity contribution is 7.86. The lowest BCUT2D eigenvalue weighted by Crippen LogP contribution is -2.57. The van der Waals surface area contributed by atoms with Gasteiger partial charge in [0, 0.05) is 7.11 Å². The van der Waals surface area contributed by atoms with Crippen LogP contribution in [0.3, 0.4) is 0 Å². The summed E-state index contributed by atoms with van der Waals surface area (Å²) in [4.78, 5) is 0. The molecule has 124 valence electrons. The van der Waals surface area contributed by atoms with Crippen molar-refractivity contribution in [1.82, 2.24) is 0 Å². The van der Waals surface area contributed by atoms with Crippen molar-refractivity contribution in [1.29, 1.82) is 0 Å². The largest absolute Gasteiger partial charge is 0.393 e. The molecule has 0 radical (unpaired) electrons. The molecule has 0 aromatic rings. The van der Waals surface area contributed by atoms with Gasteiger partial charge >= 0.3 is 0 Å². The van der Waals surface area contributed by atoms with Crippen molar-refractivity contribution < 1.29 is 36.7 Å². The molecule has 2 rings (SSSR count). The third-order valence-corrected chi connectivity index (χ3v) is 4.35. The van der Waals surface area contributed by atoms with Crippen LogP contribution < -0.4 is 0 Å². The fourth-order valence-corrected chi connectivity index (χ4v) is 3.56. The fourth-order valence-electron chi connectivity index (χ4n) is 2.88. The number of fused-ring (bicyclic) bond motifs is 1. The molecular weight excluding hydrogens is 304 g/mol. The van der Waals surface area contributed by atoms with Gasteiger partial charge in [0.15, 0.2) is 17.7 Å². The quantitative estimate of drug-likeness (QED) is 0.682. The van der Waals surface area contributed by atoms with Crippen LogP contribution in [0.5, 0.6) is 0 Å². The monoisotopic (exact) mass is 326 g/mol. The van der Waals surface area contributed by atoms with E-state index >= 15 is 0 Å². The number of aliphatic hydroxyl groups is 1. The Morgan fingerprint density at radius 2 is 1.90 bits per heavy atom. The van der Waals surface area contributed by atoms with Crippen LogP contribution in [0, 0.1) is 0 Å². The fraction of sp³-hybridized carbons (Fsp3) is 1.00. The zero-order valence-electron chi connectivity index (χ0n) is 12.7. The molecule has 2 heterocycles. The number of aliphatic hydroxyl groups excluding tert-OH is 1. The second kappa shape index (κ2) is 5.41. The molecule has 9 heteroatoms. The van der Waals surface area contributed by atoms with Crippen LogP contribution >= 0.6 is 0 Å². The van der Waals surface area contributed by atoms with Crippen LogP contribution in [0.2, 0.25) is 0 Å². The Balaban J connectivity index is 2.28. The summed E-state index contributed by atoms with van der Waals surface area (Å²) in [7, 11) is -2.28. The summed E-state index contributed by atoms with van der Waals surface area (Å²) in [6.07, 6.45) is -2.11. The maximum absolute atomic E-state index is 11.3. The van der Waals surface area contributed by atoms with Gasteiger partial charge in [-0.05, 0) is 20.8 Å². The number of hydrogen-bond acceptors (Lipinski definition) is 8. The zero-order valence-corrected chi connectivity index (χ0v) is 13.5. The van der Waals surface area contributed by atoms with Crippen LogP contribution in [0.1, 0.15) is 20.8 Å². The lowest BCUT2D eigenvalue weighted by Gasteiger charge is -2.38. The van der Waals surface area contributed by atoms with Gasteiger partial charge in [-0.1, -0.05) is 0 Å². The molecule has 21 heavy (non-hydrogen) atoms. The van der Waals surface area contributed by atoms with Crippen molar-refractivity contribution in [2.45, 2.75) is 56.8 Å².